The molecule has 0 heterocycles. The third kappa shape index (κ3) is 1.77. The summed E-state index contributed by atoms with van der Waals surface area (Å²) < 4.78 is 0. The SMILES string of the molecule is CN(C)C(=N)C#N. The Balaban J connectivity index is 3.64. The standard InChI is InChI=1S/C4H7N3/c1-7(2)4(6)3-5/h6H,1-2H3. The summed E-state index contributed by atoms with van der Waals surface area (Å²) in [6.45, 7) is 0. The topological polar surface area (TPSA) is 50.9 Å². The second-order valence-corrected chi connectivity index (χ2v) is 1.35. The molecule has 0 radical (unpaired) electrons. The van der Waals surface area contributed by atoms with Gasteiger partial charge in [0.2, 0.25) is 5.84 Å². The van der Waals surface area contributed by atoms with E-state index in [0.29, 0.717) is 0 Å². The second kappa shape index (κ2) is 2.19. The second-order valence-electron chi connectivity index (χ2n) is 1.35. The van der Waals surface area contributed by atoms with Gasteiger partial charge in [-0.3, -0.25) is 5.41 Å². The molecule has 0 atom stereocenters. The van der Waals surface area contributed by atoms with Crippen molar-refractivity contribution in [1.29, 1.82) is 10.7 Å². The number of amidine groups is 1. The number of hydrogen-bond acceptors (Lipinski definition) is 2. The van der Waals surface area contributed by atoms with Gasteiger partial charge in [0, 0.05) is 14.1 Å². The van der Waals surface area contributed by atoms with Gasteiger partial charge in [0.15, 0.2) is 0 Å². The van der Waals surface area contributed by atoms with Crippen molar-refractivity contribution in [2.24, 2.45) is 0 Å². The first-order chi connectivity index (χ1) is 3.18. The average molecular weight is 97.1 g/mol. The van der Waals surface area contributed by atoms with E-state index in [1.165, 1.54) is 4.90 Å². The fourth-order valence-electron chi connectivity index (χ4n) is 0.100. The largest absolute Gasteiger partial charge is 0.354 e. The van der Waals surface area contributed by atoms with Crippen LogP contribution in [0, 0.1) is 16.7 Å². The molecule has 0 rings (SSSR count). The van der Waals surface area contributed by atoms with Crippen molar-refractivity contribution in [3.63, 3.8) is 0 Å². The van der Waals surface area contributed by atoms with Crippen molar-refractivity contribution in [3.8, 4) is 6.07 Å². The van der Waals surface area contributed by atoms with Crippen molar-refractivity contribution in [3.05, 3.63) is 0 Å². The van der Waals surface area contributed by atoms with Gasteiger partial charge in [-0.2, -0.15) is 5.26 Å². The van der Waals surface area contributed by atoms with Crippen LogP contribution in [0.3, 0.4) is 0 Å². The van der Waals surface area contributed by atoms with Gasteiger partial charge >= 0.3 is 0 Å². The fourth-order valence-corrected chi connectivity index (χ4v) is 0.100. The number of nitrogens with one attached hydrogen (secondary N) is 1. The van der Waals surface area contributed by atoms with Gasteiger partial charge in [0.05, 0.1) is 0 Å². The molecule has 0 amide bonds. The zero-order valence-electron chi connectivity index (χ0n) is 4.39. The highest BCUT2D eigenvalue weighted by Gasteiger charge is 1.90. The lowest BCUT2D eigenvalue weighted by atomic mass is 10.6. The van der Waals surface area contributed by atoms with Crippen LogP contribution in [0.25, 0.3) is 0 Å². The molecule has 7 heavy (non-hydrogen) atoms. The van der Waals surface area contributed by atoms with Crippen molar-refractivity contribution in [2.75, 3.05) is 14.1 Å². The summed E-state index contributed by atoms with van der Waals surface area (Å²) in [5.74, 6) is -0.0139. The van der Waals surface area contributed by atoms with Crippen LogP contribution in [-0.4, -0.2) is 24.8 Å². The molecule has 0 aliphatic carbocycles. The van der Waals surface area contributed by atoms with Crippen LogP contribution in [-0.2, 0) is 0 Å². The van der Waals surface area contributed by atoms with E-state index in [4.69, 9.17) is 10.7 Å². The molecule has 0 unspecified atom stereocenters. The normalized spacial score (nSPS) is 7.00. The highest BCUT2D eigenvalue weighted by atomic mass is 15.1. The van der Waals surface area contributed by atoms with Crippen LogP contribution < -0.4 is 0 Å². The molecule has 0 bridgehead atoms. The van der Waals surface area contributed by atoms with E-state index in [0.717, 1.165) is 0 Å². The Kier molecular flexibility index (Phi) is 1.86. The Morgan fingerprint density at radius 3 is 2.14 bits per heavy atom. The lowest BCUT2D eigenvalue weighted by molar-refractivity contribution is 0.623. The molecular weight excluding hydrogens is 90.1 g/mol. The van der Waals surface area contributed by atoms with Gasteiger partial charge < -0.3 is 4.90 Å². The van der Waals surface area contributed by atoms with Crippen molar-refractivity contribution >= 4 is 5.84 Å². The third-order valence-electron chi connectivity index (χ3n) is 0.553. The number of rotatable bonds is 0. The summed E-state index contributed by atoms with van der Waals surface area (Å²) in [7, 11) is 3.32. The zero-order valence-corrected chi connectivity index (χ0v) is 4.39. The molecule has 0 aliphatic rings. The van der Waals surface area contributed by atoms with E-state index in [1.807, 2.05) is 0 Å². The highest BCUT2D eigenvalue weighted by molar-refractivity contribution is 5.93. The Labute approximate surface area is 42.7 Å². The number of nitriles is 1. The number of nitrogens with zero attached hydrogens (tertiary/aromatic N) is 2. The highest BCUT2D eigenvalue weighted by Crippen LogP contribution is 1.71. The van der Waals surface area contributed by atoms with E-state index >= 15 is 0 Å². The molecule has 0 saturated carbocycles. The maximum absolute atomic E-state index is 7.99. The molecule has 0 aromatic rings. The Hall–Kier alpha value is -1.04. The molecule has 0 fully saturated rings. The summed E-state index contributed by atoms with van der Waals surface area (Å²) >= 11 is 0. The summed E-state index contributed by atoms with van der Waals surface area (Å²) in [4.78, 5) is 1.44. The molecule has 0 spiro atoms. The van der Waals surface area contributed by atoms with Crippen LogP contribution in [0.1, 0.15) is 0 Å². The summed E-state index contributed by atoms with van der Waals surface area (Å²) in [5.41, 5.74) is 0. The van der Waals surface area contributed by atoms with E-state index in [-0.39, 0.29) is 5.84 Å². The maximum atomic E-state index is 7.99. The molecule has 1 N–H and O–H groups in total. The van der Waals surface area contributed by atoms with Crippen LogP contribution >= 0.6 is 0 Å². The van der Waals surface area contributed by atoms with Gasteiger partial charge in [-0.05, 0) is 0 Å². The Morgan fingerprint density at radius 1 is 1.71 bits per heavy atom. The molecular formula is C4H7N3. The predicted octanol–water partition coefficient (Wildman–Crippen LogP) is 0.0489. The lowest BCUT2D eigenvalue weighted by Gasteiger charge is -2.03. The van der Waals surface area contributed by atoms with Gasteiger partial charge in [0.25, 0.3) is 0 Å². The first kappa shape index (κ1) is 5.96. The fraction of sp³-hybridized carbons (Fsp3) is 0.500. The van der Waals surface area contributed by atoms with Crippen LogP contribution in [0.4, 0.5) is 0 Å². The monoisotopic (exact) mass is 97.1 g/mol. The summed E-state index contributed by atoms with van der Waals surface area (Å²) in [6, 6.07) is 1.67. The molecule has 3 heteroatoms. The minimum absolute atomic E-state index is 0.0139. The molecule has 0 aromatic heterocycles. The minimum Gasteiger partial charge on any atom is -0.354 e. The van der Waals surface area contributed by atoms with E-state index in [2.05, 4.69) is 0 Å². The first-order valence-corrected chi connectivity index (χ1v) is 1.84. The van der Waals surface area contributed by atoms with Gasteiger partial charge in [-0.15, -0.1) is 0 Å². The molecule has 0 aromatic carbocycles. The predicted molar refractivity (Wildman–Crippen MR) is 27.0 cm³/mol. The molecule has 3 nitrogen and oxygen atoms in total. The zero-order chi connectivity index (χ0) is 5.86. The maximum Gasteiger partial charge on any atom is 0.200 e. The van der Waals surface area contributed by atoms with Gasteiger partial charge in [-0.1, -0.05) is 0 Å². The van der Waals surface area contributed by atoms with Crippen molar-refractivity contribution in [1.82, 2.24) is 4.90 Å². The Morgan fingerprint density at radius 2 is 2.14 bits per heavy atom. The summed E-state index contributed by atoms with van der Waals surface area (Å²) in [5, 5.41) is 14.7. The molecule has 0 aliphatic heterocycles. The molecule has 38 valence electrons. The van der Waals surface area contributed by atoms with Crippen molar-refractivity contribution < 1.29 is 0 Å². The van der Waals surface area contributed by atoms with E-state index in [9.17, 15) is 0 Å². The minimum atomic E-state index is -0.0139. The Bertz CT molecular complexity index is 109. The van der Waals surface area contributed by atoms with E-state index < -0.39 is 0 Å². The van der Waals surface area contributed by atoms with Crippen LogP contribution in [0.5, 0.6) is 0 Å². The van der Waals surface area contributed by atoms with E-state index in [1.54, 1.807) is 20.2 Å². The lowest BCUT2D eigenvalue weighted by Crippen LogP contribution is -2.18. The van der Waals surface area contributed by atoms with Gasteiger partial charge in [0.1, 0.15) is 6.07 Å². The molecule has 0 saturated heterocycles. The van der Waals surface area contributed by atoms with Crippen molar-refractivity contribution in [2.45, 2.75) is 0 Å². The van der Waals surface area contributed by atoms with Crippen LogP contribution in [0.15, 0.2) is 0 Å². The quantitative estimate of drug-likeness (QED) is 0.343. The third-order valence-corrected chi connectivity index (χ3v) is 0.553. The smallest absolute Gasteiger partial charge is 0.200 e. The number of hydrogen-bond donors (Lipinski definition) is 1. The van der Waals surface area contributed by atoms with Gasteiger partial charge in [-0.25, -0.2) is 0 Å². The average Bonchev–Trinajstić information content (AvgIpc) is 1.65. The van der Waals surface area contributed by atoms with Crippen LogP contribution in [0.2, 0.25) is 0 Å². The summed E-state index contributed by atoms with van der Waals surface area (Å²) in [6.07, 6.45) is 0. The first-order valence-electron chi connectivity index (χ1n) is 1.84.